The van der Waals surface area contributed by atoms with Crippen LogP contribution >= 0.6 is 11.6 Å². The molecular formula is C16H23ClN2O. The number of amides is 1. The highest BCUT2D eigenvalue weighted by Crippen LogP contribution is 2.29. The lowest BCUT2D eigenvalue weighted by atomic mass is 9.87. The molecular weight excluding hydrogens is 272 g/mol. The van der Waals surface area contributed by atoms with E-state index in [9.17, 15) is 4.79 Å². The van der Waals surface area contributed by atoms with Crippen LogP contribution in [-0.2, 0) is 0 Å². The fourth-order valence-corrected chi connectivity index (χ4v) is 2.86. The number of carbonyl (C=O) groups is 1. The molecule has 0 spiro atoms. The van der Waals surface area contributed by atoms with E-state index in [1.54, 1.807) is 31.1 Å². The number of halogens is 1. The lowest BCUT2D eigenvalue weighted by Gasteiger charge is -2.28. The first-order valence-corrected chi connectivity index (χ1v) is 7.63. The Morgan fingerprint density at radius 1 is 1.25 bits per heavy atom. The molecule has 1 saturated carbocycles. The summed E-state index contributed by atoms with van der Waals surface area (Å²) < 4.78 is 0. The Bertz CT molecular complexity index is 479. The smallest absolute Gasteiger partial charge is 0.255 e. The summed E-state index contributed by atoms with van der Waals surface area (Å²) in [7, 11) is 3.53. The van der Waals surface area contributed by atoms with Crippen molar-refractivity contribution in [3.8, 4) is 0 Å². The van der Waals surface area contributed by atoms with Crippen LogP contribution in [0.3, 0.4) is 0 Å². The van der Waals surface area contributed by atoms with E-state index in [0.717, 1.165) is 24.4 Å². The second-order valence-electron chi connectivity index (χ2n) is 5.99. The first kappa shape index (κ1) is 15.2. The van der Waals surface area contributed by atoms with Crippen molar-refractivity contribution in [3.63, 3.8) is 0 Å². The van der Waals surface area contributed by atoms with Crippen LogP contribution in [0.15, 0.2) is 18.2 Å². The van der Waals surface area contributed by atoms with Crippen molar-refractivity contribution in [1.29, 1.82) is 0 Å². The minimum absolute atomic E-state index is 0.00773. The lowest BCUT2D eigenvalue weighted by Crippen LogP contribution is -2.28. The van der Waals surface area contributed by atoms with E-state index in [2.05, 4.69) is 12.2 Å². The second kappa shape index (κ2) is 6.49. The van der Waals surface area contributed by atoms with Gasteiger partial charge in [-0.2, -0.15) is 0 Å². The van der Waals surface area contributed by atoms with Crippen LogP contribution in [0, 0.1) is 5.92 Å². The van der Waals surface area contributed by atoms with E-state index in [4.69, 9.17) is 11.6 Å². The molecule has 20 heavy (non-hydrogen) atoms. The maximum absolute atomic E-state index is 12.2. The third-order valence-corrected chi connectivity index (χ3v) is 4.23. The monoisotopic (exact) mass is 294 g/mol. The van der Waals surface area contributed by atoms with E-state index < -0.39 is 0 Å². The van der Waals surface area contributed by atoms with Gasteiger partial charge in [0.05, 0.1) is 5.56 Å². The fraction of sp³-hybridized carbons (Fsp3) is 0.562. The third-order valence-electron chi connectivity index (χ3n) is 3.99. The van der Waals surface area contributed by atoms with Gasteiger partial charge >= 0.3 is 0 Å². The topological polar surface area (TPSA) is 32.3 Å². The van der Waals surface area contributed by atoms with Crippen molar-refractivity contribution in [2.24, 2.45) is 5.92 Å². The number of nitrogens with zero attached hydrogens (tertiary/aromatic N) is 1. The van der Waals surface area contributed by atoms with E-state index in [1.807, 2.05) is 6.07 Å². The largest absolute Gasteiger partial charge is 0.382 e. The van der Waals surface area contributed by atoms with Crippen LogP contribution in [0.5, 0.6) is 0 Å². The molecule has 110 valence electrons. The summed E-state index contributed by atoms with van der Waals surface area (Å²) in [6.07, 6.45) is 4.80. The number of anilines is 1. The maximum Gasteiger partial charge on any atom is 0.255 e. The second-order valence-corrected chi connectivity index (χ2v) is 6.43. The number of nitrogens with one attached hydrogen (secondary N) is 1. The molecule has 1 N–H and O–H groups in total. The zero-order chi connectivity index (χ0) is 14.7. The van der Waals surface area contributed by atoms with E-state index >= 15 is 0 Å². The lowest BCUT2D eigenvalue weighted by molar-refractivity contribution is 0.0828. The Kier molecular flexibility index (Phi) is 4.92. The molecule has 2 rings (SSSR count). The van der Waals surface area contributed by atoms with Crippen molar-refractivity contribution in [3.05, 3.63) is 28.8 Å². The molecule has 1 fully saturated rings. The summed E-state index contributed by atoms with van der Waals surface area (Å²) >= 11 is 6.08. The van der Waals surface area contributed by atoms with Gasteiger partial charge in [0.15, 0.2) is 0 Å². The van der Waals surface area contributed by atoms with E-state index in [-0.39, 0.29) is 5.91 Å². The van der Waals surface area contributed by atoms with Crippen LogP contribution in [0.2, 0.25) is 5.02 Å². The van der Waals surface area contributed by atoms with Gasteiger partial charge in [0, 0.05) is 30.8 Å². The highest BCUT2D eigenvalue weighted by Gasteiger charge is 2.20. The van der Waals surface area contributed by atoms with Crippen LogP contribution in [0.25, 0.3) is 0 Å². The normalized spacial score (nSPS) is 22.4. The van der Waals surface area contributed by atoms with E-state index in [0.29, 0.717) is 16.6 Å². The Morgan fingerprint density at radius 2 is 1.90 bits per heavy atom. The van der Waals surface area contributed by atoms with Crippen LogP contribution in [0.4, 0.5) is 5.69 Å². The maximum atomic E-state index is 12.2. The average molecular weight is 295 g/mol. The highest BCUT2D eigenvalue weighted by atomic mass is 35.5. The SMILES string of the molecule is CC1CCC(Nc2cc(Cl)ccc2C(=O)N(C)C)CC1. The van der Waals surface area contributed by atoms with Crippen LogP contribution in [-0.4, -0.2) is 30.9 Å². The van der Waals surface area contributed by atoms with Gasteiger partial charge in [-0.05, 0) is 49.8 Å². The minimum atomic E-state index is 0.00773. The van der Waals surface area contributed by atoms with Gasteiger partial charge in [0.1, 0.15) is 0 Å². The molecule has 1 aliphatic rings. The molecule has 0 bridgehead atoms. The number of rotatable bonds is 3. The first-order valence-electron chi connectivity index (χ1n) is 7.25. The summed E-state index contributed by atoms with van der Waals surface area (Å²) in [5, 5.41) is 4.17. The summed E-state index contributed by atoms with van der Waals surface area (Å²) in [6, 6.07) is 5.87. The standard InChI is InChI=1S/C16H23ClN2O/c1-11-4-7-13(8-5-11)18-15-10-12(17)6-9-14(15)16(20)19(2)3/h6,9-11,13,18H,4-5,7-8H2,1-3H3. The van der Waals surface area contributed by atoms with Gasteiger partial charge in [0.25, 0.3) is 5.91 Å². The fourth-order valence-electron chi connectivity index (χ4n) is 2.69. The molecule has 0 atom stereocenters. The molecule has 1 aromatic carbocycles. The van der Waals surface area contributed by atoms with E-state index in [1.165, 1.54) is 12.8 Å². The highest BCUT2D eigenvalue weighted by molar-refractivity contribution is 6.31. The summed E-state index contributed by atoms with van der Waals surface area (Å²) in [5.74, 6) is 0.823. The van der Waals surface area contributed by atoms with Gasteiger partial charge in [-0.1, -0.05) is 18.5 Å². The summed E-state index contributed by atoms with van der Waals surface area (Å²) in [6.45, 7) is 2.30. The first-order chi connectivity index (χ1) is 9.47. The molecule has 0 heterocycles. The van der Waals surface area contributed by atoms with Crippen LogP contribution < -0.4 is 5.32 Å². The van der Waals surface area contributed by atoms with Crippen molar-refractivity contribution in [1.82, 2.24) is 4.90 Å². The third kappa shape index (κ3) is 3.66. The Morgan fingerprint density at radius 3 is 2.50 bits per heavy atom. The van der Waals surface area contributed by atoms with Gasteiger partial charge in [-0.3, -0.25) is 4.79 Å². The van der Waals surface area contributed by atoms with Crippen LogP contribution in [0.1, 0.15) is 43.0 Å². The Hall–Kier alpha value is -1.22. The molecule has 1 aliphatic carbocycles. The van der Waals surface area contributed by atoms with Gasteiger partial charge in [0.2, 0.25) is 0 Å². The van der Waals surface area contributed by atoms with Crippen molar-refractivity contribution in [2.45, 2.75) is 38.6 Å². The summed E-state index contributed by atoms with van der Waals surface area (Å²) in [5.41, 5.74) is 1.55. The molecule has 3 nitrogen and oxygen atoms in total. The van der Waals surface area contributed by atoms with Crippen molar-refractivity contribution < 1.29 is 4.79 Å². The molecule has 0 unspecified atom stereocenters. The number of hydrogen-bond acceptors (Lipinski definition) is 2. The number of carbonyl (C=O) groups excluding carboxylic acids is 1. The predicted octanol–water partition coefficient (Wildman–Crippen LogP) is 4.03. The van der Waals surface area contributed by atoms with Gasteiger partial charge in [-0.15, -0.1) is 0 Å². The number of hydrogen-bond donors (Lipinski definition) is 1. The predicted molar refractivity (Wildman–Crippen MR) is 84.5 cm³/mol. The molecule has 1 amide bonds. The molecule has 0 aromatic heterocycles. The van der Waals surface area contributed by atoms with Crippen molar-refractivity contribution >= 4 is 23.2 Å². The minimum Gasteiger partial charge on any atom is -0.382 e. The van der Waals surface area contributed by atoms with Gasteiger partial charge < -0.3 is 10.2 Å². The molecule has 0 aliphatic heterocycles. The Labute approximate surface area is 126 Å². The van der Waals surface area contributed by atoms with Gasteiger partial charge in [-0.25, -0.2) is 0 Å². The molecule has 1 aromatic rings. The Balaban J connectivity index is 2.17. The number of benzene rings is 1. The zero-order valence-electron chi connectivity index (χ0n) is 12.4. The average Bonchev–Trinajstić information content (AvgIpc) is 2.41. The quantitative estimate of drug-likeness (QED) is 0.913. The zero-order valence-corrected chi connectivity index (χ0v) is 13.2. The summed E-state index contributed by atoms with van der Waals surface area (Å²) in [4.78, 5) is 13.8. The molecule has 0 saturated heterocycles. The van der Waals surface area contributed by atoms with Crippen molar-refractivity contribution in [2.75, 3.05) is 19.4 Å². The molecule has 0 radical (unpaired) electrons. The molecule has 4 heteroatoms.